The first kappa shape index (κ1) is 16.2. The summed E-state index contributed by atoms with van der Waals surface area (Å²) in [5.41, 5.74) is 0. The first-order valence-corrected chi connectivity index (χ1v) is 5.27. The van der Waals surface area contributed by atoms with Crippen molar-refractivity contribution in [1.82, 2.24) is 10.2 Å². The number of rotatable bonds is 6. The van der Waals surface area contributed by atoms with Crippen LogP contribution < -0.4 is 5.32 Å². The van der Waals surface area contributed by atoms with Gasteiger partial charge in [-0.25, -0.2) is 9.59 Å². The lowest BCUT2D eigenvalue weighted by Gasteiger charge is -2.21. The summed E-state index contributed by atoms with van der Waals surface area (Å²) in [7, 11) is 2.70. The van der Waals surface area contributed by atoms with Crippen LogP contribution in [0.4, 0.5) is 4.79 Å². The van der Waals surface area contributed by atoms with E-state index >= 15 is 0 Å². The summed E-state index contributed by atoms with van der Waals surface area (Å²) in [6.45, 7) is 1.33. The Morgan fingerprint density at radius 2 is 1.94 bits per heavy atom. The molecule has 2 amide bonds. The number of aliphatic carboxylic acids is 1. The molecule has 0 spiro atoms. The van der Waals surface area contributed by atoms with E-state index in [0.717, 1.165) is 0 Å². The van der Waals surface area contributed by atoms with Crippen LogP contribution in [0.3, 0.4) is 0 Å². The van der Waals surface area contributed by atoms with E-state index in [9.17, 15) is 14.4 Å². The van der Waals surface area contributed by atoms with Crippen LogP contribution in [0.2, 0.25) is 0 Å². The molecule has 1 unspecified atom stereocenters. The van der Waals surface area contributed by atoms with Gasteiger partial charge in [0, 0.05) is 13.6 Å². The van der Waals surface area contributed by atoms with E-state index in [2.05, 4.69) is 10.1 Å². The van der Waals surface area contributed by atoms with Crippen LogP contribution in [0, 0.1) is 5.92 Å². The second-order valence-corrected chi connectivity index (χ2v) is 3.84. The van der Waals surface area contributed by atoms with Gasteiger partial charge in [-0.05, 0) is 0 Å². The Morgan fingerprint density at radius 1 is 1.39 bits per heavy atom. The summed E-state index contributed by atoms with van der Waals surface area (Å²) < 4.78 is 4.51. The van der Waals surface area contributed by atoms with Crippen molar-refractivity contribution in [1.29, 1.82) is 0 Å². The summed E-state index contributed by atoms with van der Waals surface area (Å²) in [5, 5.41) is 19.6. The number of methoxy groups -OCH3 is 1. The number of carboxylic acids is 1. The Labute approximate surface area is 105 Å². The van der Waals surface area contributed by atoms with E-state index in [-0.39, 0.29) is 6.54 Å². The topological polar surface area (TPSA) is 116 Å². The minimum Gasteiger partial charge on any atom is -0.479 e. The minimum atomic E-state index is -1.65. The highest BCUT2D eigenvalue weighted by Crippen LogP contribution is 2.00. The van der Waals surface area contributed by atoms with Gasteiger partial charge >= 0.3 is 18.0 Å². The average Bonchev–Trinajstić information content (AvgIpc) is 2.33. The van der Waals surface area contributed by atoms with Crippen molar-refractivity contribution >= 4 is 18.0 Å². The Hall–Kier alpha value is -1.83. The number of amides is 2. The second-order valence-electron chi connectivity index (χ2n) is 3.84. The summed E-state index contributed by atoms with van der Waals surface area (Å²) in [6.07, 6.45) is -1.65. The molecule has 0 bridgehead atoms. The quantitative estimate of drug-likeness (QED) is 0.522. The van der Waals surface area contributed by atoms with E-state index in [1.165, 1.54) is 19.1 Å². The average molecular weight is 262 g/mol. The largest absolute Gasteiger partial charge is 0.479 e. The number of hydrogen-bond acceptors (Lipinski definition) is 5. The normalized spacial score (nSPS) is 13.3. The number of carbonyl (C=O) groups excluding carboxylic acids is 2. The molecule has 0 aromatic carbocycles. The molecule has 0 saturated heterocycles. The summed E-state index contributed by atoms with van der Waals surface area (Å²) in [5.74, 6) is -2.35. The number of esters is 1. The number of carbonyl (C=O) groups is 3. The number of nitrogens with zero attached hydrogens (tertiary/aromatic N) is 1. The second kappa shape index (κ2) is 7.49. The highest BCUT2D eigenvalue weighted by Gasteiger charge is 2.20. The number of aliphatic hydroxyl groups excluding tert-OH is 1. The molecular weight excluding hydrogens is 244 g/mol. The van der Waals surface area contributed by atoms with Crippen molar-refractivity contribution in [3.8, 4) is 0 Å². The highest BCUT2D eigenvalue weighted by molar-refractivity contribution is 5.77. The molecular formula is C10H18N2O6. The smallest absolute Gasteiger partial charge is 0.334 e. The number of ether oxygens (including phenoxy) is 1. The van der Waals surface area contributed by atoms with Crippen molar-refractivity contribution in [2.75, 3.05) is 27.2 Å². The standard InChI is InChI=1S/C10H18N2O6/c1-6(9(16)18-3)5-12(2)10(17)11-4-7(13)8(14)15/h6-7,13H,4-5H2,1-3H3,(H,11,17)(H,14,15)/t6?,7-/m0/s1. The van der Waals surface area contributed by atoms with Gasteiger partial charge in [-0.15, -0.1) is 0 Å². The fourth-order valence-corrected chi connectivity index (χ4v) is 1.18. The van der Waals surface area contributed by atoms with Crippen molar-refractivity contribution < 1.29 is 29.3 Å². The maximum absolute atomic E-state index is 11.5. The van der Waals surface area contributed by atoms with Crippen LogP contribution in [0.5, 0.6) is 0 Å². The third-order valence-corrected chi connectivity index (χ3v) is 2.23. The molecule has 18 heavy (non-hydrogen) atoms. The molecule has 3 N–H and O–H groups in total. The number of carboxylic acid groups (broad SMARTS) is 1. The first-order valence-electron chi connectivity index (χ1n) is 5.27. The SMILES string of the molecule is COC(=O)C(C)CN(C)C(=O)NC[C@H](O)C(=O)O. The fraction of sp³-hybridized carbons (Fsp3) is 0.700. The third kappa shape index (κ3) is 5.48. The van der Waals surface area contributed by atoms with Crippen LogP contribution in [-0.4, -0.2) is 66.4 Å². The lowest BCUT2D eigenvalue weighted by Crippen LogP contribution is -2.44. The number of nitrogens with one attached hydrogen (secondary N) is 1. The zero-order valence-corrected chi connectivity index (χ0v) is 10.5. The van der Waals surface area contributed by atoms with Crippen LogP contribution in [-0.2, 0) is 14.3 Å². The van der Waals surface area contributed by atoms with Crippen LogP contribution >= 0.6 is 0 Å². The van der Waals surface area contributed by atoms with Gasteiger partial charge in [-0.1, -0.05) is 6.92 Å². The molecule has 0 heterocycles. The van der Waals surface area contributed by atoms with Crippen molar-refractivity contribution in [2.45, 2.75) is 13.0 Å². The van der Waals surface area contributed by atoms with Gasteiger partial charge in [-0.2, -0.15) is 0 Å². The monoisotopic (exact) mass is 262 g/mol. The molecule has 0 rings (SSSR count). The molecule has 0 aromatic rings. The number of hydrogen-bond donors (Lipinski definition) is 3. The maximum Gasteiger partial charge on any atom is 0.334 e. The van der Waals surface area contributed by atoms with Gasteiger partial charge in [-0.3, -0.25) is 4.79 Å². The van der Waals surface area contributed by atoms with Gasteiger partial charge in [0.25, 0.3) is 0 Å². The molecule has 0 fully saturated rings. The first-order chi connectivity index (χ1) is 8.29. The predicted octanol–water partition coefficient (Wildman–Crippen LogP) is -1.12. The van der Waals surface area contributed by atoms with Crippen molar-refractivity contribution in [3.05, 3.63) is 0 Å². The van der Waals surface area contributed by atoms with E-state index in [0.29, 0.717) is 0 Å². The molecule has 2 atom stereocenters. The Bertz CT molecular complexity index is 319. The van der Waals surface area contributed by atoms with Crippen molar-refractivity contribution in [3.63, 3.8) is 0 Å². The maximum atomic E-state index is 11.5. The number of aliphatic hydroxyl groups is 1. The van der Waals surface area contributed by atoms with Gasteiger partial charge in [0.2, 0.25) is 0 Å². The van der Waals surface area contributed by atoms with Crippen molar-refractivity contribution in [2.24, 2.45) is 5.92 Å². The molecule has 8 heteroatoms. The van der Waals surface area contributed by atoms with Crippen LogP contribution in [0.1, 0.15) is 6.92 Å². The minimum absolute atomic E-state index is 0.127. The molecule has 0 aromatic heterocycles. The molecule has 0 saturated carbocycles. The van der Waals surface area contributed by atoms with E-state index < -0.39 is 36.5 Å². The van der Waals surface area contributed by atoms with E-state index in [1.807, 2.05) is 0 Å². The predicted molar refractivity (Wildman–Crippen MR) is 60.9 cm³/mol. The lowest BCUT2D eigenvalue weighted by molar-refractivity contribution is -0.146. The van der Waals surface area contributed by atoms with Gasteiger partial charge < -0.3 is 25.2 Å². The van der Waals surface area contributed by atoms with Crippen LogP contribution in [0.15, 0.2) is 0 Å². The highest BCUT2D eigenvalue weighted by atomic mass is 16.5. The Kier molecular flexibility index (Phi) is 6.73. The summed E-state index contributed by atoms with van der Waals surface area (Å²) in [6, 6.07) is -0.578. The molecule has 0 aliphatic heterocycles. The lowest BCUT2D eigenvalue weighted by atomic mass is 10.2. The molecule has 8 nitrogen and oxygen atoms in total. The van der Waals surface area contributed by atoms with Gasteiger partial charge in [0.05, 0.1) is 19.6 Å². The molecule has 104 valence electrons. The van der Waals surface area contributed by atoms with Crippen LogP contribution in [0.25, 0.3) is 0 Å². The number of urea groups is 1. The van der Waals surface area contributed by atoms with Gasteiger partial charge in [0.1, 0.15) is 0 Å². The fourth-order valence-electron chi connectivity index (χ4n) is 1.18. The Morgan fingerprint density at radius 3 is 2.39 bits per heavy atom. The van der Waals surface area contributed by atoms with E-state index in [4.69, 9.17) is 10.2 Å². The summed E-state index contributed by atoms with van der Waals surface area (Å²) in [4.78, 5) is 34.1. The zero-order valence-electron chi connectivity index (χ0n) is 10.5. The summed E-state index contributed by atoms with van der Waals surface area (Å²) >= 11 is 0. The zero-order chi connectivity index (χ0) is 14.3. The molecule has 0 aliphatic rings. The molecule has 0 aliphatic carbocycles. The Balaban J connectivity index is 4.11. The molecule has 0 radical (unpaired) electrons. The van der Waals surface area contributed by atoms with Gasteiger partial charge in [0.15, 0.2) is 6.10 Å². The third-order valence-electron chi connectivity index (χ3n) is 2.23. The van der Waals surface area contributed by atoms with E-state index in [1.54, 1.807) is 6.92 Å².